The minimum Gasteiger partial charge on any atom is -0.451 e. The number of nitrogens with one attached hydrogen (secondary N) is 1. The Morgan fingerprint density at radius 2 is 1.97 bits per heavy atom. The van der Waals surface area contributed by atoms with Crippen molar-refractivity contribution in [2.75, 3.05) is 5.32 Å². The van der Waals surface area contributed by atoms with Crippen molar-refractivity contribution in [2.45, 2.75) is 39.2 Å². The lowest BCUT2D eigenvalue weighted by Gasteiger charge is -2.09. The quantitative estimate of drug-likeness (QED) is 0.539. The fraction of sp³-hybridized carbons (Fsp3) is 0.250. The van der Waals surface area contributed by atoms with Crippen LogP contribution in [0.5, 0.6) is 0 Å². The summed E-state index contributed by atoms with van der Waals surface area (Å²) < 4.78 is 7.85. The third-order valence-electron chi connectivity index (χ3n) is 5.59. The minimum atomic E-state index is -0.475. The van der Waals surface area contributed by atoms with Gasteiger partial charge in [0.1, 0.15) is 11.4 Å². The molecule has 2 aromatic heterocycles. The van der Waals surface area contributed by atoms with Gasteiger partial charge in [0.05, 0.1) is 5.39 Å². The molecule has 0 radical (unpaired) electrons. The zero-order valence-corrected chi connectivity index (χ0v) is 17.2. The standard InChI is InChI=1S/C24H22N4O3/c1-15-9-10-20-18(12-15)19(29)14-21(31-20)24(30)25-17-7-5-6-16(13-17)23-27-26-22-8-3-2-4-11-28(22)23/h5-7,9-10,12-14H,2-4,8,11H2,1H3,(H,25,30). The predicted octanol–water partition coefficient (Wildman–Crippen LogP) is 4.34. The largest absolute Gasteiger partial charge is 0.451 e. The normalized spacial score (nSPS) is 13.6. The van der Waals surface area contributed by atoms with Gasteiger partial charge in [-0.25, -0.2) is 0 Å². The van der Waals surface area contributed by atoms with Gasteiger partial charge in [-0.3, -0.25) is 9.59 Å². The fourth-order valence-corrected chi connectivity index (χ4v) is 4.01. The average molecular weight is 414 g/mol. The van der Waals surface area contributed by atoms with Crippen molar-refractivity contribution in [1.82, 2.24) is 14.8 Å². The third kappa shape index (κ3) is 3.74. The van der Waals surface area contributed by atoms with Gasteiger partial charge in [-0.15, -0.1) is 10.2 Å². The summed E-state index contributed by atoms with van der Waals surface area (Å²) in [7, 11) is 0. The zero-order chi connectivity index (χ0) is 21.4. The summed E-state index contributed by atoms with van der Waals surface area (Å²) in [5, 5.41) is 12.0. The van der Waals surface area contributed by atoms with Gasteiger partial charge in [0, 0.05) is 30.3 Å². The Labute approximate surface area is 178 Å². The van der Waals surface area contributed by atoms with Crippen LogP contribution in [0, 0.1) is 6.92 Å². The van der Waals surface area contributed by atoms with Crippen molar-refractivity contribution in [3.63, 3.8) is 0 Å². The van der Waals surface area contributed by atoms with Crippen molar-refractivity contribution < 1.29 is 9.21 Å². The van der Waals surface area contributed by atoms with Crippen LogP contribution in [0.3, 0.4) is 0 Å². The van der Waals surface area contributed by atoms with E-state index in [1.807, 2.05) is 31.2 Å². The number of anilines is 1. The summed E-state index contributed by atoms with van der Waals surface area (Å²) in [6.07, 6.45) is 4.36. The molecule has 0 saturated carbocycles. The fourth-order valence-electron chi connectivity index (χ4n) is 4.01. The second-order valence-corrected chi connectivity index (χ2v) is 7.91. The molecule has 1 aliphatic rings. The van der Waals surface area contributed by atoms with Crippen LogP contribution < -0.4 is 10.7 Å². The number of fused-ring (bicyclic) bond motifs is 2. The van der Waals surface area contributed by atoms with Crippen LogP contribution in [0.25, 0.3) is 22.4 Å². The number of nitrogens with zero attached hydrogens (tertiary/aromatic N) is 3. The van der Waals surface area contributed by atoms with Crippen LogP contribution in [0.2, 0.25) is 0 Å². The first-order chi connectivity index (χ1) is 15.1. The molecule has 3 heterocycles. The molecular weight excluding hydrogens is 392 g/mol. The van der Waals surface area contributed by atoms with Crippen LogP contribution in [0.1, 0.15) is 41.2 Å². The number of rotatable bonds is 3. The van der Waals surface area contributed by atoms with Crippen molar-refractivity contribution in [3.05, 3.63) is 75.9 Å². The third-order valence-corrected chi connectivity index (χ3v) is 5.59. The van der Waals surface area contributed by atoms with Crippen LogP contribution in [0.15, 0.2) is 57.7 Å². The highest BCUT2D eigenvalue weighted by atomic mass is 16.3. The molecule has 0 spiro atoms. The number of carbonyl (C=O) groups excluding carboxylic acids is 1. The van der Waals surface area contributed by atoms with Gasteiger partial charge in [0.2, 0.25) is 0 Å². The Bertz CT molecular complexity index is 1350. The molecule has 7 heteroatoms. The number of hydrogen-bond acceptors (Lipinski definition) is 5. The highest BCUT2D eigenvalue weighted by Gasteiger charge is 2.17. The molecule has 2 aromatic carbocycles. The first-order valence-electron chi connectivity index (χ1n) is 10.5. The Kier molecular flexibility index (Phi) is 4.86. The summed E-state index contributed by atoms with van der Waals surface area (Å²) >= 11 is 0. The lowest BCUT2D eigenvalue weighted by atomic mass is 10.1. The lowest BCUT2D eigenvalue weighted by Crippen LogP contribution is -2.15. The van der Waals surface area contributed by atoms with E-state index in [1.54, 1.807) is 18.2 Å². The zero-order valence-electron chi connectivity index (χ0n) is 17.2. The Morgan fingerprint density at radius 1 is 1.06 bits per heavy atom. The van der Waals surface area contributed by atoms with E-state index in [-0.39, 0.29) is 11.2 Å². The number of amides is 1. The Hall–Kier alpha value is -3.74. The van der Waals surface area contributed by atoms with Crippen LogP contribution in [0.4, 0.5) is 5.69 Å². The number of carbonyl (C=O) groups is 1. The molecule has 0 saturated heterocycles. The molecule has 1 aliphatic heterocycles. The highest BCUT2D eigenvalue weighted by Crippen LogP contribution is 2.25. The Morgan fingerprint density at radius 3 is 2.87 bits per heavy atom. The maximum Gasteiger partial charge on any atom is 0.291 e. The van der Waals surface area contributed by atoms with E-state index >= 15 is 0 Å². The van der Waals surface area contributed by atoms with Gasteiger partial charge in [0.15, 0.2) is 17.0 Å². The number of aromatic nitrogens is 3. The molecule has 1 N–H and O–H groups in total. The van der Waals surface area contributed by atoms with Crippen LogP contribution in [-0.4, -0.2) is 20.7 Å². The summed E-state index contributed by atoms with van der Waals surface area (Å²) in [5.41, 5.74) is 2.59. The molecule has 0 bridgehead atoms. The number of aryl methyl sites for hydroxylation is 2. The maximum atomic E-state index is 12.8. The first-order valence-corrected chi connectivity index (χ1v) is 10.5. The molecular formula is C24H22N4O3. The Balaban J connectivity index is 1.43. The van der Waals surface area contributed by atoms with E-state index in [2.05, 4.69) is 20.1 Å². The predicted molar refractivity (Wildman–Crippen MR) is 118 cm³/mol. The monoisotopic (exact) mass is 414 g/mol. The lowest BCUT2D eigenvalue weighted by molar-refractivity contribution is 0.0997. The van der Waals surface area contributed by atoms with Gasteiger partial charge in [0.25, 0.3) is 5.91 Å². The van der Waals surface area contributed by atoms with E-state index in [1.165, 1.54) is 12.5 Å². The van der Waals surface area contributed by atoms with Crippen molar-refractivity contribution in [2.24, 2.45) is 0 Å². The highest BCUT2D eigenvalue weighted by molar-refractivity contribution is 6.03. The summed E-state index contributed by atoms with van der Waals surface area (Å²) in [4.78, 5) is 25.2. The van der Waals surface area contributed by atoms with E-state index < -0.39 is 5.91 Å². The summed E-state index contributed by atoms with van der Waals surface area (Å²) in [6, 6.07) is 14.0. The van der Waals surface area contributed by atoms with Crippen molar-refractivity contribution >= 4 is 22.6 Å². The maximum absolute atomic E-state index is 12.8. The molecule has 0 aliphatic carbocycles. The van der Waals surface area contributed by atoms with Crippen LogP contribution in [-0.2, 0) is 13.0 Å². The number of benzene rings is 2. The molecule has 7 nitrogen and oxygen atoms in total. The van der Waals surface area contributed by atoms with Crippen molar-refractivity contribution in [3.8, 4) is 11.4 Å². The second-order valence-electron chi connectivity index (χ2n) is 7.91. The molecule has 1 amide bonds. The molecule has 156 valence electrons. The molecule has 0 unspecified atom stereocenters. The SMILES string of the molecule is Cc1ccc2oc(C(=O)Nc3cccc(-c4nnc5n4CCCCC5)c3)cc(=O)c2c1. The smallest absolute Gasteiger partial charge is 0.291 e. The van der Waals surface area contributed by atoms with Gasteiger partial charge in [-0.1, -0.05) is 30.2 Å². The number of hydrogen-bond donors (Lipinski definition) is 1. The van der Waals surface area contributed by atoms with E-state index in [0.29, 0.717) is 16.7 Å². The van der Waals surface area contributed by atoms with Gasteiger partial charge < -0.3 is 14.3 Å². The van der Waals surface area contributed by atoms with E-state index in [9.17, 15) is 9.59 Å². The van der Waals surface area contributed by atoms with E-state index in [4.69, 9.17) is 4.42 Å². The summed E-state index contributed by atoms with van der Waals surface area (Å²) in [6.45, 7) is 2.80. The average Bonchev–Trinajstić information content (AvgIpc) is 3.02. The molecule has 0 fully saturated rings. The topological polar surface area (TPSA) is 90.0 Å². The molecule has 4 aromatic rings. The summed E-state index contributed by atoms with van der Waals surface area (Å²) in [5.74, 6) is 1.32. The molecule has 31 heavy (non-hydrogen) atoms. The minimum absolute atomic E-state index is 0.0249. The van der Waals surface area contributed by atoms with Gasteiger partial charge >= 0.3 is 0 Å². The molecule has 5 rings (SSSR count). The van der Waals surface area contributed by atoms with Gasteiger partial charge in [-0.05, 0) is 44.0 Å². The van der Waals surface area contributed by atoms with E-state index in [0.717, 1.165) is 48.6 Å². The van der Waals surface area contributed by atoms with Crippen LogP contribution >= 0.6 is 0 Å². The first kappa shape index (κ1) is 19.2. The van der Waals surface area contributed by atoms with Gasteiger partial charge in [-0.2, -0.15) is 0 Å². The second kappa shape index (κ2) is 7.83. The molecule has 0 atom stereocenters. The van der Waals surface area contributed by atoms with Crippen molar-refractivity contribution in [1.29, 1.82) is 0 Å².